The standard InChI is InChI=1S/C19H25N5/c1-2-6-16(7-3-1)14-17-8-12-23(13-9-17)18-15-20-22-19(21-18)24-10-4-5-11-24/h1-3,6-7,15,17H,4-5,8-14H2. The summed E-state index contributed by atoms with van der Waals surface area (Å²) >= 11 is 0. The molecular formula is C19H25N5. The smallest absolute Gasteiger partial charge is 0.247 e. The summed E-state index contributed by atoms with van der Waals surface area (Å²) in [6, 6.07) is 10.8. The molecule has 24 heavy (non-hydrogen) atoms. The predicted octanol–water partition coefficient (Wildman–Crippen LogP) is 2.93. The van der Waals surface area contributed by atoms with E-state index in [1.165, 1.54) is 37.7 Å². The van der Waals surface area contributed by atoms with Crippen molar-refractivity contribution in [2.75, 3.05) is 36.0 Å². The number of hydrogen-bond acceptors (Lipinski definition) is 5. The van der Waals surface area contributed by atoms with Crippen molar-refractivity contribution in [3.05, 3.63) is 42.1 Å². The van der Waals surface area contributed by atoms with Gasteiger partial charge < -0.3 is 9.80 Å². The highest BCUT2D eigenvalue weighted by atomic mass is 15.4. The van der Waals surface area contributed by atoms with Crippen LogP contribution in [0.15, 0.2) is 36.5 Å². The van der Waals surface area contributed by atoms with Crippen LogP contribution in [0.4, 0.5) is 11.8 Å². The van der Waals surface area contributed by atoms with E-state index in [0.29, 0.717) is 0 Å². The predicted molar refractivity (Wildman–Crippen MR) is 96.4 cm³/mol. The zero-order valence-electron chi connectivity index (χ0n) is 14.1. The van der Waals surface area contributed by atoms with E-state index in [0.717, 1.165) is 43.9 Å². The highest BCUT2D eigenvalue weighted by molar-refractivity contribution is 5.42. The average Bonchev–Trinajstić information content (AvgIpc) is 3.18. The molecule has 0 spiro atoms. The van der Waals surface area contributed by atoms with E-state index in [1.54, 1.807) is 0 Å². The normalized spacial score (nSPS) is 19.0. The Morgan fingerprint density at radius 3 is 2.42 bits per heavy atom. The maximum absolute atomic E-state index is 4.77. The molecule has 0 bridgehead atoms. The van der Waals surface area contributed by atoms with Crippen molar-refractivity contribution in [2.45, 2.75) is 32.1 Å². The van der Waals surface area contributed by atoms with Gasteiger partial charge in [-0.25, -0.2) is 0 Å². The fourth-order valence-corrected chi connectivity index (χ4v) is 3.80. The minimum atomic E-state index is 0.775. The minimum absolute atomic E-state index is 0.775. The van der Waals surface area contributed by atoms with Crippen molar-refractivity contribution in [3.8, 4) is 0 Å². The van der Waals surface area contributed by atoms with Gasteiger partial charge >= 0.3 is 0 Å². The molecule has 0 amide bonds. The van der Waals surface area contributed by atoms with Crippen molar-refractivity contribution in [1.82, 2.24) is 15.2 Å². The van der Waals surface area contributed by atoms with Crippen LogP contribution in [0.1, 0.15) is 31.2 Å². The molecule has 2 aromatic rings. The van der Waals surface area contributed by atoms with E-state index in [-0.39, 0.29) is 0 Å². The zero-order valence-corrected chi connectivity index (χ0v) is 14.1. The van der Waals surface area contributed by atoms with Crippen molar-refractivity contribution >= 4 is 11.8 Å². The number of rotatable bonds is 4. The SMILES string of the molecule is c1ccc(CC2CCN(c3cnnc(N4CCCC4)n3)CC2)cc1. The van der Waals surface area contributed by atoms with Gasteiger partial charge in [0.25, 0.3) is 0 Å². The Bertz CT molecular complexity index is 646. The van der Waals surface area contributed by atoms with Crippen LogP contribution in [0.5, 0.6) is 0 Å². The van der Waals surface area contributed by atoms with Crippen molar-refractivity contribution in [2.24, 2.45) is 5.92 Å². The Labute approximate surface area is 143 Å². The Morgan fingerprint density at radius 1 is 0.917 bits per heavy atom. The molecule has 0 N–H and O–H groups in total. The van der Waals surface area contributed by atoms with E-state index in [2.05, 4.69) is 50.3 Å². The summed E-state index contributed by atoms with van der Waals surface area (Å²) in [6.45, 7) is 4.25. The Kier molecular flexibility index (Phi) is 4.58. The fourth-order valence-electron chi connectivity index (χ4n) is 3.80. The molecule has 126 valence electrons. The van der Waals surface area contributed by atoms with Gasteiger partial charge in [-0.3, -0.25) is 0 Å². The number of nitrogens with zero attached hydrogens (tertiary/aromatic N) is 5. The van der Waals surface area contributed by atoms with Gasteiger partial charge in [-0.2, -0.15) is 10.1 Å². The molecule has 2 aliphatic rings. The Hall–Kier alpha value is -2.17. The van der Waals surface area contributed by atoms with Crippen molar-refractivity contribution < 1.29 is 0 Å². The Morgan fingerprint density at radius 2 is 1.67 bits per heavy atom. The lowest BCUT2D eigenvalue weighted by Gasteiger charge is -2.33. The van der Waals surface area contributed by atoms with E-state index in [1.807, 2.05) is 6.20 Å². The van der Waals surface area contributed by atoms with E-state index in [4.69, 9.17) is 4.98 Å². The quantitative estimate of drug-likeness (QED) is 0.865. The van der Waals surface area contributed by atoms with Crippen LogP contribution in [0.3, 0.4) is 0 Å². The third kappa shape index (κ3) is 3.50. The first-order valence-corrected chi connectivity index (χ1v) is 9.12. The molecule has 0 saturated carbocycles. The lowest BCUT2D eigenvalue weighted by Crippen LogP contribution is -2.35. The maximum Gasteiger partial charge on any atom is 0.247 e. The van der Waals surface area contributed by atoms with Gasteiger partial charge in [-0.15, -0.1) is 5.10 Å². The zero-order chi connectivity index (χ0) is 16.2. The van der Waals surface area contributed by atoms with Crippen LogP contribution >= 0.6 is 0 Å². The molecule has 2 saturated heterocycles. The monoisotopic (exact) mass is 323 g/mol. The molecule has 2 aliphatic heterocycles. The summed E-state index contributed by atoms with van der Waals surface area (Å²) in [5, 5.41) is 8.42. The lowest BCUT2D eigenvalue weighted by molar-refractivity contribution is 0.402. The number of piperidine rings is 1. The molecule has 5 heteroatoms. The first-order chi connectivity index (χ1) is 11.9. The lowest BCUT2D eigenvalue weighted by atomic mass is 9.90. The van der Waals surface area contributed by atoms with Gasteiger partial charge in [0.2, 0.25) is 5.95 Å². The van der Waals surface area contributed by atoms with Gasteiger partial charge in [-0.1, -0.05) is 30.3 Å². The summed E-state index contributed by atoms with van der Waals surface area (Å²) in [6.07, 6.45) is 7.92. The van der Waals surface area contributed by atoms with Gasteiger partial charge in [0, 0.05) is 26.2 Å². The number of anilines is 2. The minimum Gasteiger partial charge on any atom is -0.355 e. The molecule has 0 atom stereocenters. The van der Waals surface area contributed by atoms with Crippen LogP contribution in [-0.4, -0.2) is 41.4 Å². The second kappa shape index (κ2) is 7.16. The summed E-state index contributed by atoms with van der Waals surface area (Å²) in [4.78, 5) is 9.39. The molecule has 0 aliphatic carbocycles. The molecular weight excluding hydrogens is 298 g/mol. The first-order valence-electron chi connectivity index (χ1n) is 9.12. The largest absolute Gasteiger partial charge is 0.355 e. The van der Waals surface area contributed by atoms with Crippen LogP contribution in [-0.2, 0) is 6.42 Å². The second-order valence-electron chi connectivity index (χ2n) is 6.93. The molecule has 2 fully saturated rings. The second-order valence-corrected chi connectivity index (χ2v) is 6.93. The third-order valence-electron chi connectivity index (χ3n) is 5.23. The molecule has 0 unspecified atom stereocenters. The maximum atomic E-state index is 4.77. The third-order valence-corrected chi connectivity index (χ3v) is 5.23. The van der Waals surface area contributed by atoms with E-state index in [9.17, 15) is 0 Å². The molecule has 3 heterocycles. The van der Waals surface area contributed by atoms with Crippen molar-refractivity contribution in [3.63, 3.8) is 0 Å². The van der Waals surface area contributed by atoms with Crippen molar-refractivity contribution in [1.29, 1.82) is 0 Å². The summed E-state index contributed by atoms with van der Waals surface area (Å²) in [5.41, 5.74) is 1.45. The van der Waals surface area contributed by atoms with Crippen LogP contribution in [0.2, 0.25) is 0 Å². The topological polar surface area (TPSA) is 45.2 Å². The van der Waals surface area contributed by atoms with Gasteiger partial charge in [-0.05, 0) is 43.6 Å². The molecule has 5 nitrogen and oxygen atoms in total. The first kappa shape index (κ1) is 15.4. The molecule has 1 aromatic carbocycles. The molecule has 1 aromatic heterocycles. The number of aromatic nitrogens is 3. The summed E-state index contributed by atoms with van der Waals surface area (Å²) < 4.78 is 0. The number of benzene rings is 1. The fraction of sp³-hybridized carbons (Fsp3) is 0.526. The van der Waals surface area contributed by atoms with E-state index < -0.39 is 0 Å². The average molecular weight is 323 g/mol. The van der Waals surface area contributed by atoms with Gasteiger partial charge in [0.05, 0.1) is 6.20 Å². The molecule has 4 rings (SSSR count). The van der Waals surface area contributed by atoms with Crippen LogP contribution in [0, 0.1) is 5.92 Å². The number of hydrogen-bond donors (Lipinski definition) is 0. The molecule has 0 radical (unpaired) electrons. The van der Waals surface area contributed by atoms with Gasteiger partial charge in [0.1, 0.15) is 0 Å². The van der Waals surface area contributed by atoms with Crippen LogP contribution in [0.25, 0.3) is 0 Å². The van der Waals surface area contributed by atoms with E-state index >= 15 is 0 Å². The van der Waals surface area contributed by atoms with Crippen LogP contribution < -0.4 is 9.80 Å². The summed E-state index contributed by atoms with van der Waals surface area (Å²) in [7, 11) is 0. The highest BCUT2D eigenvalue weighted by Gasteiger charge is 2.22. The van der Waals surface area contributed by atoms with Gasteiger partial charge in [0.15, 0.2) is 5.82 Å². The highest BCUT2D eigenvalue weighted by Crippen LogP contribution is 2.25. The summed E-state index contributed by atoms with van der Waals surface area (Å²) in [5.74, 6) is 2.57. The Balaban J connectivity index is 1.36.